The second kappa shape index (κ2) is 4.98. The van der Waals surface area contributed by atoms with Crippen molar-refractivity contribution in [2.45, 2.75) is 13.3 Å². The Morgan fingerprint density at radius 2 is 2.28 bits per heavy atom. The number of amides is 1. The van der Waals surface area contributed by atoms with Crippen molar-refractivity contribution in [3.8, 4) is 0 Å². The van der Waals surface area contributed by atoms with E-state index in [1.807, 2.05) is 13.0 Å². The van der Waals surface area contributed by atoms with Gasteiger partial charge in [-0.3, -0.25) is 4.79 Å². The number of carbonyl (C=O) groups excluding carboxylic acids is 1. The molecule has 1 amide bonds. The Hall–Kier alpha value is -1.55. The third kappa shape index (κ3) is 2.34. The molecule has 18 heavy (non-hydrogen) atoms. The van der Waals surface area contributed by atoms with Crippen LogP contribution in [0, 0.1) is 12.8 Å². The molecular formula is C13H14ClNO3. The summed E-state index contributed by atoms with van der Waals surface area (Å²) >= 11 is 5.76. The van der Waals surface area contributed by atoms with Crippen LogP contribution in [0.25, 0.3) is 0 Å². The number of hydrogen-bond acceptors (Lipinski definition) is 2. The van der Waals surface area contributed by atoms with Gasteiger partial charge in [-0.15, -0.1) is 11.6 Å². The first-order valence-electron chi connectivity index (χ1n) is 5.73. The van der Waals surface area contributed by atoms with E-state index in [0.29, 0.717) is 24.5 Å². The molecule has 1 saturated heterocycles. The van der Waals surface area contributed by atoms with Crippen molar-refractivity contribution in [1.29, 1.82) is 0 Å². The Bertz CT molecular complexity index is 501. The Morgan fingerprint density at radius 1 is 1.56 bits per heavy atom. The van der Waals surface area contributed by atoms with Crippen LogP contribution in [0.5, 0.6) is 0 Å². The molecule has 5 heteroatoms. The molecule has 1 aliphatic rings. The number of nitrogens with zero attached hydrogens (tertiary/aromatic N) is 1. The summed E-state index contributed by atoms with van der Waals surface area (Å²) in [5, 5.41) is 9.20. The van der Waals surface area contributed by atoms with E-state index < -0.39 is 5.97 Å². The zero-order valence-corrected chi connectivity index (χ0v) is 10.8. The number of alkyl halides is 1. The number of anilines is 1. The molecule has 2 rings (SSSR count). The predicted octanol–water partition coefficient (Wildman–Crippen LogP) is 2.28. The highest BCUT2D eigenvalue weighted by atomic mass is 35.5. The van der Waals surface area contributed by atoms with Crippen LogP contribution in [0.3, 0.4) is 0 Å². The summed E-state index contributed by atoms with van der Waals surface area (Å²) in [6, 6.07) is 5.08. The van der Waals surface area contributed by atoms with E-state index in [0.717, 1.165) is 5.56 Å². The molecule has 0 aromatic heterocycles. The summed E-state index contributed by atoms with van der Waals surface area (Å²) in [7, 11) is 0. The van der Waals surface area contributed by atoms with Gasteiger partial charge >= 0.3 is 5.97 Å². The molecule has 1 atom stereocenters. The van der Waals surface area contributed by atoms with Gasteiger partial charge in [-0.2, -0.15) is 0 Å². The van der Waals surface area contributed by atoms with E-state index in [9.17, 15) is 14.7 Å². The molecule has 1 aliphatic heterocycles. The van der Waals surface area contributed by atoms with Crippen LogP contribution in [0.4, 0.5) is 5.69 Å². The van der Waals surface area contributed by atoms with Crippen LogP contribution >= 0.6 is 11.6 Å². The van der Waals surface area contributed by atoms with Crippen molar-refractivity contribution in [3.63, 3.8) is 0 Å². The molecule has 0 saturated carbocycles. The van der Waals surface area contributed by atoms with Crippen LogP contribution in [0.2, 0.25) is 0 Å². The lowest BCUT2D eigenvalue weighted by molar-refractivity contribution is -0.117. The van der Waals surface area contributed by atoms with Gasteiger partial charge in [0.2, 0.25) is 5.91 Å². The molecule has 1 aromatic rings. The van der Waals surface area contributed by atoms with E-state index in [2.05, 4.69) is 0 Å². The molecule has 0 radical (unpaired) electrons. The standard InChI is InChI=1S/C13H14ClNO3/c1-8-2-3-11(10(4-8)13(17)18)15-7-9(6-14)5-12(15)16/h2-4,9H,5-7H2,1H3,(H,17,18). The molecule has 1 heterocycles. The topological polar surface area (TPSA) is 57.6 Å². The smallest absolute Gasteiger partial charge is 0.337 e. The van der Waals surface area contributed by atoms with Gasteiger partial charge in [0, 0.05) is 18.8 Å². The van der Waals surface area contributed by atoms with Gasteiger partial charge in [0.1, 0.15) is 0 Å². The quantitative estimate of drug-likeness (QED) is 0.855. The van der Waals surface area contributed by atoms with E-state index in [1.54, 1.807) is 12.1 Å². The summed E-state index contributed by atoms with van der Waals surface area (Å²) in [6.07, 6.45) is 0.385. The van der Waals surface area contributed by atoms with Gasteiger partial charge in [-0.25, -0.2) is 4.79 Å². The van der Waals surface area contributed by atoms with Crippen molar-refractivity contribution in [1.82, 2.24) is 0 Å². The van der Waals surface area contributed by atoms with Crippen molar-refractivity contribution in [2.24, 2.45) is 5.92 Å². The first-order valence-corrected chi connectivity index (χ1v) is 6.26. The number of rotatable bonds is 3. The zero-order chi connectivity index (χ0) is 13.3. The zero-order valence-electron chi connectivity index (χ0n) is 10.0. The van der Waals surface area contributed by atoms with Gasteiger partial charge in [0.25, 0.3) is 0 Å². The fourth-order valence-corrected chi connectivity index (χ4v) is 2.38. The average molecular weight is 268 g/mol. The lowest BCUT2D eigenvalue weighted by Crippen LogP contribution is -2.26. The minimum absolute atomic E-state index is 0.0630. The van der Waals surface area contributed by atoms with Crippen molar-refractivity contribution in [3.05, 3.63) is 29.3 Å². The molecule has 4 nitrogen and oxygen atoms in total. The molecule has 1 unspecified atom stereocenters. The van der Waals surface area contributed by atoms with Crippen molar-refractivity contribution in [2.75, 3.05) is 17.3 Å². The van der Waals surface area contributed by atoms with Gasteiger partial charge in [-0.1, -0.05) is 11.6 Å². The molecule has 1 aromatic carbocycles. The second-order valence-corrected chi connectivity index (χ2v) is 4.86. The fourth-order valence-electron chi connectivity index (χ4n) is 2.17. The first-order chi connectivity index (χ1) is 8.52. The number of halogens is 1. The highest BCUT2D eigenvalue weighted by Gasteiger charge is 2.32. The molecule has 0 aliphatic carbocycles. The maximum atomic E-state index is 11.9. The van der Waals surface area contributed by atoms with Crippen molar-refractivity contribution >= 4 is 29.2 Å². The average Bonchev–Trinajstić information content (AvgIpc) is 2.70. The molecule has 0 spiro atoms. The number of hydrogen-bond donors (Lipinski definition) is 1. The number of aryl methyl sites for hydroxylation is 1. The monoisotopic (exact) mass is 267 g/mol. The van der Waals surface area contributed by atoms with E-state index in [1.165, 1.54) is 4.90 Å². The maximum Gasteiger partial charge on any atom is 0.337 e. The number of carbonyl (C=O) groups is 2. The van der Waals surface area contributed by atoms with Gasteiger partial charge in [0.15, 0.2) is 0 Å². The van der Waals surface area contributed by atoms with Gasteiger partial charge in [-0.05, 0) is 25.0 Å². The SMILES string of the molecule is Cc1ccc(N2CC(CCl)CC2=O)c(C(=O)O)c1. The summed E-state index contributed by atoms with van der Waals surface area (Å²) in [5.41, 5.74) is 1.49. The minimum atomic E-state index is -1.02. The number of aromatic carboxylic acids is 1. The maximum absolute atomic E-state index is 11.9. The molecule has 0 bridgehead atoms. The molecule has 96 valence electrons. The van der Waals surface area contributed by atoms with E-state index >= 15 is 0 Å². The summed E-state index contributed by atoms with van der Waals surface area (Å²) in [4.78, 5) is 24.6. The highest BCUT2D eigenvalue weighted by Crippen LogP contribution is 2.29. The molecule has 1 N–H and O–H groups in total. The third-order valence-corrected chi connectivity index (χ3v) is 3.53. The third-order valence-electron chi connectivity index (χ3n) is 3.10. The first kappa shape index (κ1) is 12.9. The molecule has 1 fully saturated rings. The number of benzene rings is 1. The summed E-state index contributed by atoms with van der Waals surface area (Å²) in [6.45, 7) is 2.31. The molecular weight excluding hydrogens is 254 g/mol. The number of carboxylic acid groups (broad SMARTS) is 1. The predicted molar refractivity (Wildman–Crippen MR) is 69.3 cm³/mol. The Balaban J connectivity index is 2.39. The lowest BCUT2D eigenvalue weighted by atomic mass is 10.1. The Morgan fingerprint density at radius 3 is 2.83 bits per heavy atom. The lowest BCUT2D eigenvalue weighted by Gasteiger charge is -2.19. The van der Waals surface area contributed by atoms with Crippen LogP contribution in [-0.2, 0) is 4.79 Å². The van der Waals surface area contributed by atoms with E-state index in [-0.39, 0.29) is 17.4 Å². The van der Waals surface area contributed by atoms with Crippen molar-refractivity contribution < 1.29 is 14.7 Å². The van der Waals surface area contributed by atoms with Crippen LogP contribution in [0.15, 0.2) is 18.2 Å². The normalized spacial score (nSPS) is 19.3. The summed E-state index contributed by atoms with van der Waals surface area (Å²) in [5.74, 6) is -0.568. The number of carboxylic acids is 1. The second-order valence-electron chi connectivity index (χ2n) is 4.55. The van der Waals surface area contributed by atoms with Crippen LogP contribution in [-0.4, -0.2) is 29.4 Å². The Kier molecular flexibility index (Phi) is 3.57. The minimum Gasteiger partial charge on any atom is -0.478 e. The Labute approximate surface area is 110 Å². The van der Waals surface area contributed by atoms with Crippen LogP contribution in [0.1, 0.15) is 22.3 Å². The van der Waals surface area contributed by atoms with E-state index in [4.69, 9.17) is 11.6 Å². The van der Waals surface area contributed by atoms with Gasteiger partial charge in [0.05, 0.1) is 11.3 Å². The fraction of sp³-hybridized carbons (Fsp3) is 0.385. The largest absolute Gasteiger partial charge is 0.478 e. The highest BCUT2D eigenvalue weighted by molar-refractivity contribution is 6.18. The van der Waals surface area contributed by atoms with Gasteiger partial charge < -0.3 is 10.0 Å². The summed E-state index contributed by atoms with van der Waals surface area (Å²) < 4.78 is 0. The van der Waals surface area contributed by atoms with Crippen LogP contribution < -0.4 is 4.90 Å².